The molecule has 0 amide bonds. The van der Waals surface area contributed by atoms with E-state index in [1.54, 1.807) is 0 Å². The molecule has 0 aliphatic heterocycles. The number of fused-ring (bicyclic) bond motifs is 18. The highest BCUT2D eigenvalue weighted by molar-refractivity contribution is 5.98. The number of anilines is 3. The summed E-state index contributed by atoms with van der Waals surface area (Å²) in [6.07, 6.45) is 6.22. The van der Waals surface area contributed by atoms with Gasteiger partial charge in [-0.1, -0.05) is 221 Å². The van der Waals surface area contributed by atoms with Crippen LogP contribution < -0.4 is 4.90 Å². The van der Waals surface area contributed by atoms with Gasteiger partial charge in [0.25, 0.3) is 0 Å². The fourth-order valence-corrected chi connectivity index (χ4v) is 14.8. The number of nitrogens with zero attached hydrogens (tertiary/aromatic N) is 1. The van der Waals surface area contributed by atoms with Crippen LogP contribution in [0, 0.1) is 0 Å². The maximum Gasteiger partial charge on any atom is 0.0726 e. The van der Waals surface area contributed by atoms with Crippen LogP contribution in [0.15, 0.2) is 224 Å². The van der Waals surface area contributed by atoms with Crippen molar-refractivity contribution in [1.82, 2.24) is 0 Å². The molecule has 10 aromatic rings. The molecule has 0 atom stereocenters. The third kappa shape index (κ3) is 5.47. The van der Waals surface area contributed by atoms with E-state index in [1.807, 2.05) is 0 Å². The van der Waals surface area contributed by atoms with Gasteiger partial charge < -0.3 is 4.90 Å². The fraction of sp³-hybridized carbons (Fsp3) is 0.143. The smallest absolute Gasteiger partial charge is 0.0726 e. The van der Waals surface area contributed by atoms with Crippen LogP contribution in [-0.4, -0.2) is 0 Å². The molecule has 1 saturated carbocycles. The van der Waals surface area contributed by atoms with Gasteiger partial charge in [-0.25, -0.2) is 0 Å². The van der Waals surface area contributed by atoms with Crippen LogP contribution in [0.5, 0.6) is 0 Å². The summed E-state index contributed by atoms with van der Waals surface area (Å²) in [7, 11) is 0. The molecule has 0 N–H and O–H groups in total. The van der Waals surface area contributed by atoms with Crippen molar-refractivity contribution < 1.29 is 0 Å². The average Bonchev–Trinajstić information content (AvgIpc) is 4.08. The lowest BCUT2D eigenvalue weighted by Crippen LogP contribution is -2.28. The van der Waals surface area contributed by atoms with E-state index in [-0.39, 0.29) is 10.8 Å². The first-order valence-electron chi connectivity index (χ1n) is 25.9. The van der Waals surface area contributed by atoms with Crippen LogP contribution in [0.3, 0.4) is 0 Å². The van der Waals surface area contributed by atoms with Crippen LogP contribution in [-0.2, 0) is 16.2 Å². The lowest BCUT2D eigenvalue weighted by molar-refractivity contribution is 0.353. The van der Waals surface area contributed by atoms with E-state index in [4.69, 9.17) is 0 Å². The van der Waals surface area contributed by atoms with Crippen molar-refractivity contribution in [2.45, 2.75) is 62.2 Å². The molecule has 0 bridgehead atoms. The molecular weight excluding hydrogens is 855 g/mol. The summed E-state index contributed by atoms with van der Waals surface area (Å²) < 4.78 is 0. The number of hydrogen-bond donors (Lipinski definition) is 0. The summed E-state index contributed by atoms with van der Waals surface area (Å²) in [4.78, 5) is 2.56. The molecule has 0 saturated heterocycles. The van der Waals surface area contributed by atoms with E-state index in [1.165, 1.54) is 155 Å². The van der Waals surface area contributed by atoms with Crippen LogP contribution >= 0.6 is 0 Å². The Bertz CT molecular complexity index is 3780. The van der Waals surface area contributed by atoms with Crippen LogP contribution in [0.1, 0.15) is 90.5 Å². The van der Waals surface area contributed by atoms with Gasteiger partial charge in [0.05, 0.1) is 5.41 Å². The molecule has 0 unspecified atom stereocenters. The normalized spacial score (nSPS) is 16.1. The first-order valence-corrected chi connectivity index (χ1v) is 25.9. The quantitative estimate of drug-likeness (QED) is 0.166. The Balaban J connectivity index is 0.922. The summed E-state index contributed by atoms with van der Waals surface area (Å²) in [5.41, 5.74) is 30.1. The largest absolute Gasteiger partial charge is 0.310 e. The molecule has 0 radical (unpaired) electrons. The van der Waals surface area contributed by atoms with Gasteiger partial charge in [-0.05, 0) is 161 Å². The van der Waals surface area contributed by atoms with Gasteiger partial charge in [0.1, 0.15) is 0 Å². The Kier molecular flexibility index (Phi) is 8.63. The SMILES string of the molecule is CC1(C)c2ccccc2-c2cccc(-c3ccccc3-c3ccc(N(c4ccc5c(c4)C4(CCCCC4)c4ccccc4-5)c4ccc5c(c4)C4(c6ccccc6-c6ccccc64)c4ccccc4-5)cc3)c21. The monoisotopic (exact) mass is 907 g/mol. The molecule has 0 heterocycles. The third-order valence-corrected chi connectivity index (χ3v) is 17.7. The predicted molar refractivity (Wildman–Crippen MR) is 295 cm³/mol. The molecule has 0 aromatic heterocycles. The molecule has 5 aliphatic rings. The van der Waals surface area contributed by atoms with Crippen molar-refractivity contribution in [3.63, 3.8) is 0 Å². The van der Waals surface area contributed by atoms with E-state index in [0.29, 0.717) is 0 Å². The van der Waals surface area contributed by atoms with Crippen molar-refractivity contribution in [3.8, 4) is 66.8 Å². The first kappa shape index (κ1) is 40.8. The average molecular weight is 908 g/mol. The van der Waals surface area contributed by atoms with Crippen molar-refractivity contribution in [3.05, 3.63) is 269 Å². The van der Waals surface area contributed by atoms with Gasteiger partial charge in [-0.3, -0.25) is 0 Å². The van der Waals surface area contributed by atoms with E-state index < -0.39 is 5.41 Å². The molecule has 15 rings (SSSR count). The van der Waals surface area contributed by atoms with E-state index in [9.17, 15) is 0 Å². The molecular formula is C70H53N. The Morgan fingerprint density at radius 2 is 0.690 bits per heavy atom. The fourth-order valence-electron chi connectivity index (χ4n) is 14.8. The Morgan fingerprint density at radius 3 is 1.27 bits per heavy atom. The maximum absolute atomic E-state index is 2.58. The van der Waals surface area contributed by atoms with E-state index >= 15 is 0 Å². The zero-order valence-corrected chi connectivity index (χ0v) is 40.3. The van der Waals surface area contributed by atoms with Crippen LogP contribution in [0.25, 0.3) is 66.8 Å². The first-order chi connectivity index (χ1) is 35.0. The third-order valence-electron chi connectivity index (χ3n) is 17.7. The van der Waals surface area contributed by atoms with Gasteiger partial charge in [-0.2, -0.15) is 0 Å². The summed E-state index contributed by atoms with van der Waals surface area (Å²) >= 11 is 0. The van der Waals surface area contributed by atoms with E-state index in [0.717, 1.165) is 5.69 Å². The van der Waals surface area contributed by atoms with Crippen molar-refractivity contribution >= 4 is 17.1 Å². The molecule has 1 heteroatoms. The van der Waals surface area contributed by atoms with Gasteiger partial charge in [0.2, 0.25) is 0 Å². The molecule has 10 aromatic carbocycles. The Hall–Kier alpha value is -8.00. The summed E-state index contributed by atoms with van der Waals surface area (Å²) in [5, 5.41) is 0. The van der Waals surface area contributed by atoms with Crippen molar-refractivity contribution in [1.29, 1.82) is 0 Å². The standard InChI is InChI=1S/C70H53N/c1-68(2)60-28-11-6-25-55(60)59-27-18-26-58(67(59)68)50-20-5-4-19-49(50)45-33-35-46(36-34-45)71(47-37-39-56-51-21-7-12-29-61(51)69(65(56)43-47)41-16-3-17-42-69)48-38-40-57-54-24-10-15-32-64(54)70(66(57)44-48)62-30-13-8-22-52(62)53-23-9-14-31-63(53)70/h4-15,18-40,43-44H,3,16-17,41-42H2,1-2H3. The number of benzene rings is 10. The highest BCUT2D eigenvalue weighted by Gasteiger charge is 2.52. The molecule has 2 spiro atoms. The minimum Gasteiger partial charge on any atom is -0.310 e. The zero-order chi connectivity index (χ0) is 47.1. The highest BCUT2D eigenvalue weighted by atomic mass is 15.1. The lowest BCUT2D eigenvalue weighted by atomic mass is 9.68. The second kappa shape index (κ2) is 15.0. The van der Waals surface area contributed by atoms with E-state index in [2.05, 4.69) is 243 Å². The van der Waals surface area contributed by atoms with Crippen LogP contribution in [0.4, 0.5) is 17.1 Å². The van der Waals surface area contributed by atoms with Crippen molar-refractivity contribution in [2.75, 3.05) is 4.90 Å². The van der Waals surface area contributed by atoms with Gasteiger partial charge in [0, 0.05) is 27.9 Å². The van der Waals surface area contributed by atoms with Gasteiger partial charge in [-0.15, -0.1) is 0 Å². The minimum absolute atomic E-state index is 0.0356. The maximum atomic E-state index is 2.58. The lowest BCUT2D eigenvalue weighted by Gasteiger charge is -2.37. The zero-order valence-electron chi connectivity index (χ0n) is 40.3. The van der Waals surface area contributed by atoms with Gasteiger partial charge in [0.15, 0.2) is 0 Å². The topological polar surface area (TPSA) is 3.24 Å². The number of hydrogen-bond acceptors (Lipinski definition) is 1. The summed E-state index contributed by atoms with van der Waals surface area (Å²) in [6, 6.07) is 85.9. The minimum atomic E-state index is -0.437. The second-order valence-corrected chi connectivity index (χ2v) is 21.4. The summed E-state index contributed by atoms with van der Waals surface area (Å²) in [6.45, 7) is 4.79. The Morgan fingerprint density at radius 1 is 0.296 bits per heavy atom. The molecule has 1 nitrogen and oxygen atoms in total. The van der Waals surface area contributed by atoms with Crippen LogP contribution in [0.2, 0.25) is 0 Å². The molecule has 338 valence electrons. The van der Waals surface area contributed by atoms with Crippen molar-refractivity contribution in [2.24, 2.45) is 0 Å². The van der Waals surface area contributed by atoms with Gasteiger partial charge >= 0.3 is 0 Å². The summed E-state index contributed by atoms with van der Waals surface area (Å²) in [5.74, 6) is 0. The second-order valence-electron chi connectivity index (χ2n) is 21.4. The predicted octanol–water partition coefficient (Wildman–Crippen LogP) is 18.4. The molecule has 1 fully saturated rings. The Labute approximate surface area is 417 Å². The molecule has 71 heavy (non-hydrogen) atoms. The number of rotatable bonds is 5. The molecule has 5 aliphatic carbocycles. The highest BCUT2D eigenvalue weighted by Crippen LogP contribution is 2.64.